The highest BCUT2D eigenvalue weighted by Gasteiger charge is 2.21. The number of aryl methyl sites for hydroxylation is 2. The largest absolute Gasteiger partial charge is 0.480 e. The molecule has 2 aromatic rings. The van der Waals surface area contributed by atoms with Gasteiger partial charge in [0, 0.05) is 25.8 Å². The Morgan fingerprint density at radius 3 is 2.03 bits per heavy atom. The first-order valence-corrected chi connectivity index (χ1v) is 12.3. The first kappa shape index (κ1) is 33.5. The van der Waals surface area contributed by atoms with Gasteiger partial charge in [-0.15, -0.1) is 0 Å². The molecular formula is C27H48N4O3. The van der Waals surface area contributed by atoms with Crippen LogP contribution in [0.3, 0.4) is 0 Å². The lowest BCUT2D eigenvalue weighted by Crippen LogP contribution is -2.20. The number of hydrogen-bond donors (Lipinski definition) is 3. The fourth-order valence-corrected chi connectivity index (χ4v) is 3.23. The molecular weight excluding hydrogens is 428 g/mol. The first-order chi connectivity index (χ1) is 16.2. The Kier molecular flexibility index (Phi) is 17.5. The van der Waals surface area contributed by atoms with E-state index in [9.17, 15) is 4.79 Å². The molecule has 0 unspecified atom stereocenters. The van der Waals surface area contributed by atoms with Crippen LogP contribution < -0.4 is 15.4 Å². The average molecular weight is 477 g/mol. The number of pyridine rings is 2. The van der Waals surface area contributed by atoms with E-state index >= 15 is 0 Å². The standard InChI is InChI=1S/C22H32N4O2.2C2H6.CH4O/c1-9-17-15(11-16(21(27)23-7)22(25-17)28-8)20-14(6)10-18(24-13(4)5)19(26-20)12(2)3;3*1-2/h10-13,24H,9H2,1-8H3,(H,23,27);2*1-2H3;2H,1H3. The van der Waals surface area contributed by atoms with E-state index in [0.29, 0.717) is 23.9 Å². The molecule has 0 saturated carbocycles. The second kappa shape index (κ2) is 17.8. The molecule has 34 heavy (non-hydrogen) atoms. The number of carbonyl (C=O) groups excluding carboxylic acids is 1. The van der Waals surface area contributed by atoms with Crippen molar-refractivity contribution in [3.05, 3.63) is 34.6 Å². The fourth-order valence-electron chi connectivity index (χ4n) is 3.23. The molecule has 2 aromatic heterocycles. The molecule has 0 fully saturated rings. The van der Waals surface area contributed by atoms with Gasteiger partial charge in [0.1, 0.15) is 5.56 Å². The molecule has 0 atom stereocenters. The molecule has 0 saturated heterocycles. The average Bonchev–Trinajstić information content (AvgIpc) is 2.86. The maximum absolute atomic E-state index is 12.4. The summed E-state index contributed by atoms with van der Waals surface area (Å²) in [5.74, 6) is 0.364. The summed E-state index contributed by atoms with van der Waals surface area (Å²) in [7, 11) is 4.13. The number of hydrogen-bond acceptors (Lipinski definition) is 6. The first-order valence-electron chi connectivity index (χ1n) is 12.3. The summed E-state index contributed by atoms with van der Waals surface area (Å²) in [4.78, 5) is 22.0. The maximum Gasteiger partial charge on any atom is 0.256 e. The molecule has 0 aliphatic carbocycles. The van der Waals surface area contributed by atoms with E-state index in [1.54, 1.807) is 7.05 Å². The molecule has 0 spiro atoms. The Morgan fingerprint density at radius 2 is 1.62 bits per heavy atom. The van der Waals surface area contributed by atoms with Crippen LogP contribution in [0.5, 0.6) is 5.88 Å². The Labute approximate surface area is 207 Å². The minimum absolute atomic E-state index is 0.229. The number of nitrogens with one attached hydrogen (secondary N) is 2. The van der Waals surface area contributed by atoms with Crippen molar-refractivity contribution in [2.75, 3.05) is 26.6 Å². The van der Waals surface area contributed by atoms with Gasteiger partial charge >= 0.3 is 0 Å². The van der Waals surface area contributed by atoms with Crippen molar-refractivity contribution in [2.24, 2.45) is 0 Å². The van der Waals surface area contributed by atoms with E-state index in [4.69, 9.17) is 14.8 Å². The van der Waals surface area contributed by atoms with E-state index in [-0.39, 0.29) is 11.8 Å². The highest BCUT2D eigenvalue weighted by atomic mass is 16.5. The number of aliphatic hydroxyl groups excluding tert-OH is 1. The summed E-state index contributed by atoms with van der Waals surface area (Å²) < 4.78 is 5.35. The van der Waals surface area contributed by atoms with Crippen molar-refractivity contribution < 1.29 is 14.6 Å². The Balaban J connectivity index is 0. The zero-order chi connectivity index (χ0) is 27.0. The quantitative estimate of drug-likeness (QED) is 0.454. The summed E-state index contributed by atoms with van der Waals surface area (Å²) in [5.41, 5.74) is 6.10. The molecule has 3 N–H and O–H groups in total. The van der Waals surface area contributed by atoms with Gasteiger partial charge in [0.2, 0.25) is 5.88 Å². The molecule has 0 bridgehead atoms. The van der Waals surface area contributed by atoms with Gasteiger partial charge in [-0.25, -0.2) is 4.98 Å². The lowest BCUT2D eigenvalue weighted by molar-refractivity contribution is 0.0959. The predicted molar refractivity (Wildman–Crippen MR) is 145 cm³/mol. The zero-order valence-electron chi connectivity index (χ0n) is 23.7. The van der Waals surface area contributed by atoms with Crippen LogP contribution in [0.25, 0.3) is 11.3 Å². The highest BCUT2D eigenvalue weighted by molar-refractivity contribution is 5.97. The van der Waals surface area contributed by atoms with E-state index in [1.165, 1.54) is 7.11 Å². The molecule has 2 heterocycles. The molecule has 0 aromatic carbocycles. The minimum atomic E-state index is -0.229. The van der Waals surface area contributed by atoms with Crippen LogP contribution in [0.2, 0.25) is 0 Å². The van der Waals surface area contributed by atoms with Crippen molar-refractivity contribution >= 4 is 11.6 Å². The number of carbonyl (C=O) groups is 1. The van der Waals surface area contributed by atoms with Crippen molar-refractivity contribution in [3.63, 3.8) is 0 Å². The van der Waals surface area contributed by atoms with Crippen molar-refractivity contribution in [1.29, 1.82) is 0 Å². The topological polar surface area (TPSA) is 96.4 Å². The summed E-state index contributed by atoms with van der Waals surface area (Å²) >= 11 is 0. The number of anilines is 1. The zero-order valence-corrected chi connectivity index (χ0v) is 23.7. The third-order valence-corrected chi connectivity index (χ3v) is 4.56. The number of aromatic nitrogens is 2. The summed E-state index contributed by atoms with van der Waals surface area (Å²) in [6.07, 6.45) is 0.712. The van der Waals surface area contributed by atoms with Crippen LogP contribution in [-0.4, -0.2) is 48.3 Å². The number of amides is 1. The SMILES string of the molecule is CC.CC.CCc1nc(OC)c(C(=O)NC)cc1-c1nc(C(C)C)c(NC(C)C)cc1C.CO. The van der Waals surface area contributed by atoms with E-state index in [0.717, 1.165) is 41.0 Å². The van der Waals surface area contributed by atoms with Crippen molar-refractivity contribution in [1.82, 2.24) is 15.3 Å². The monoisotopic (exact) mass is 476 g/mol. The number of methoxy groups -OCH3 is 1. The van der Waals surface area contributed by atoms with Crippen molar-refractivity contribution in [2.45, 2.75) is 87.6 Å². The van der Waals surface area contributed by atoms with Gasteiger partial charge in [-0.05, 0) is 50.8 Å². The predicted octanol–water partition coefficient (Wildman–Crippen LogP) is 5.99. The molecule has 0 aliphatic heterocycles. The van der Waals surface area contributed by atoms with Gasteiger partial charge in [-0.1, -0.05) is 48.5 Å². The van der Waals surface area contributed by atoms with Crippen LogP contribution in [-0.2, 0) is 6.42 Å². The van der Waals surface area contributed by atoms with Crippen LogP contribution in [0.4, 0.5) is 5.69 Å². The summed E-state index contributed by atoms with van der Waals surface area (Å²) in [5, 5.41) is 13.2. The number of nitrogens with zero attached hydrogens (tertiary/aromatic N) is 2. The van der Waals surface area contributed by atoms with E-state index < -0.39 is 0 Å². The molecule has 194 valence electrons. The molecule has 7 nitrogen and oxygen atoms in total. The molecule has 1 amide bonds. The van der Waals surface area contributed by atoms with Gasteiger partial charge in [0.25, 0.3) is 5.91 Å². The van der Waals surface area contributed by atoms with Crippen LogP contribution in [0.15, 0.2) is 12.1 Å². The van der Waals surface area contributed by atoms with Gasteiger partial charge in [0.05, 0.1) is 29.9 Å². The third-order valence-electron chi connectivity index (χ3n) is 4.56. The lowest BCUT2D eigenvalue weighted by Gasteiger charge is -2.20. The Hall–Kier alpha value is -2.67. The van der Waals surface area contributed by atoms with Gasteiger partial charge < -0.3 is 20.5 Å². The molecule has 0 radical (unpaired) electrons. The van der Waals surface area contributed by atoms with Gasteiger partial charge in [-0.3, -0.25) is 9.78 Å². The minimum Gasteiger partial charge on any atom is -0.480 e. The van der Waals surface area contributed by atoms with E-state index in [1.807, 2.05) is 47.6 Å². The fraction of sp³-hybridized carbons (Fsp3) is 0.593. The Morgan fingerprint density at radius 1 is 1.06 bits per heavy atom. The second-order valence-corrected chi connectivity index (χ2v) is 7.51. The van der Waals surface area contributed by atoms with Crippen LogP contribution in [0, 0.1) is 6.92 Å². The second-order valence-electron chi connectivity index (χ2n) is 7.51. The summed E-state index contributed by atoms with van der Waals surface area (Å²) in [6, 6.07) is 4.30. The van der Waals surface area contributed by atoms with Gasteiger partial charge in [-0.2, -0.15) is 0 Å². The van der Waals surface area contributed by atoms with Crippen molar-refractivity contribution in [3.8, 4) is 17.1 Å². The van der Waals surface area contributed by atoms with Crippen LogP contribution in [0.1, 0.15) is 95.5 Å². The lowest BCUT2D eigenvalue weighted by atomic mass is 9.98. The number of rotatable bonds is 7. The maximum atomic E-state index is 12.4. The molecule has 0 aliphatic rings. The Bertz CT molecular complexity index is 865. The third kappa shape index (κ3) is 8.93. The molecule has 7 heteroatoms. The number of aliphatic hydroxyl groups is 1. The van der Waals surface area contributed by atoms with Gasteiger partial charge in [0.15, 0.2) is 0 Å². The smallest absolute Gasteiger partial charge is 0.256 e. The molecule has 2 rings (SSSR count). The highest BCUT2D eigenvalue weighted by Crippen LogP contribution is 2.34. The number of ether oxygens (including phenoxy) is 1. The van der Waals surface area contributed by atoms with Crippen LogP contribution >= 0.6 is 0 Å². The van der Waals surface area contributed by atoms with E-state index in [2.05, 4.69) is 49.4 Å². The normalized spacial score (nSPS) is 9.65. The summed E-state index contributed by atoms with van der Waals surface area (Å²) in [6.45, 7) is 20.6.